The summed E-state index contributed by atoms with van der Waals surface area (Å²) in [6.07, 6.45) is 78.6. The molecule has 0 spiro atoms. The second kappa shape index (κ2) is 61.7. The predicted octanol–water partition coefficient (Wildman–Crippen LogP) is 21.6. The highest BCUT2D eigenvalue weighted by molar-refractivity contribution is 5.71. The Morgan fingerprint density at radius 3 is 0.849 bits per heavy atom. The van der Waals surface area contributed by atoms with Gasteiger partial charge >= 0.3 is 17.9 Å². The van der Waals surface area contributed by atoms with Crippen LogP contribution >= 0.6 is 0 Å². The third-order valence-corrected chi connectivity index (χ3v) is 14.0. The van der Waals surface area contributed by atoms with Gasteiger partial charge in [0.1, 0.15) is 13.2 Å². The molecule has 0 radical (unpaired) electrons. The van der Waals surface area contributed by atoms with Gasteiger partial charge in [-0.1, -0.05) is 287 Å². The molecule has 0 aliphatic rings. The Bertz CT molecular complexity index is 1310. The first kappa shape index (κ1) is 70.1. The largest absolute Gasteiger partial charge is 0.462 e. The van der Waals surface area contributed by atoms with Gasteiger partial charge in [-0.15, -0.1) is 0 Å². The number of allylic oxidation sites excluding steroid dienone is 10. The molecule has 0 fully saturated rings. The highest BCUT2D eigenvalue weighted by atomic mass is 16.6. The smallest absolute Gasteiger partial charge is 0.306 e. The first-order valence-corrected chi connectivity index (χ1v) is 31.8. The Morgan fingerprint density at radius 1 is 0.288 bits per heavy atom. The summed E-state index contributed by atoms with van der Waals surface area (Å²) in [4.78, 5) is 37.9. The van der Waals surface area contributed by atoms with Crippen molar-refractivity contribution in [3.8, 4) is 0 Å². The third-order valence-electron chi connectivity index (χ3n) is 14.0. The van der Waals surface area contributed by atoms with Crippen LogP contribution in [0.15, 0.2) is 60.8 Å². The molecule has 73 heavy (non-hydrogen) atoms. The van der Waals surface area contributed by atoms with E-state index in [4.69, 9.17) is 14.2 Å². The fraction of sp³-hybridized carbons (Fsp3) is 0.806. The van der Waals surface area contributed by atoms with Crippen molar-refractivity contribution >= 4 is 17.9 Å². The van der Waals surface area contributed by atoms with E-state index in [1.54, 1.807) is 0 Å². The van der Waals surface area contributed by atoms with E-state index < -0.39 is 6.10 Å². The molecule has 0 aromatic rings. The van der Waals surface area contributed by atoms with Crippen molar-refractivity contribution in [3.63, 3.8) is 0 Å². The lowest BCUT2D eigenvalue weighted by Gasteiger charge is -2.18. The fourth-order valence-corrected chi connectivity index (χ4v) is 9.25. The average Bonchev–Trinajstić information content (AvgIpc) is 3.39. The minimum absolute atomic E-state index is 0.0715. The van der Waals surface area contributed by atoms with E-state index >= 15 is 0 Å². The minimum Gasteiger partial charge on any atom is -0.462 e. The number of hydrogen-bond acceptors (Lipinski definition) is 6. The average molecular weight is 1020 g/mol. The van der Waals surface area contributed by atoms with Crippen molar-refractivity contribution < 1.29 is 28.6 Å². The van der Waals surface area contributed by atoms with E-state index in [2.05, 4.69) is 81.5 Å². The van der Waals surface area contributed by atoms with Crippen LogP contribution in [0.3, 0.4) is 0 Å². The van der Waals surface area contributed by atoms with Crippen LogP contribution in [0.25, 0.3) is 0 Å². The van der Waals surface area contributed by atoms with Gasteiger partial charge in [0, 0.05) is 19.3 Å². The molecule has 0 bridgehead atoms. The number of hydrogen-bond donors (Lipinski definition) is 0. The molecule has 0 heterocycles. The van der Waals surface area contributed by atoms with Gasteiger partial charge in [-0.25, -0.2) is 0 Å². The summed E-state index contributed by atoms with van der Waals surface area (Å²) in [5.41, 5.74) is 0. The lowest BCUT2D eigenvalue weighted by atomic mass is 10.0. The number of carbonyl (C=O) groups is 3. The van der Waals surface area contributed by atoms with Gasteiger partial charge in [0.25, 0.3) is 0 Å². The standard InChI is InChI=1S/C67H120O6/c1-4-7-10-13-15-17-19-21-23-25-26-27-28-29-30-31-32-33-34-35-36-37-38-39-40-42-43-45-47-49-51-54-57-60-66(69)72-63-64(62-71-65(68)59-56-53-12-9-6-3)73-67(70)61-58-55-52-50-48-46-44-41-24-22-20-18-16-14-11-8-5-2/h7,10,15,17,21-24,26-27,64H,4-6,8-9,11-14,16,18-20,25,28-63H2,1-3H3/b10-7-,17-15-,23-21-,24-22-,27-26-. The second-order valence-corrected chi connectivity index (χ2v) is 21.3. The van der Waals surface area contributed by atoms with E-state index in [1.807, 2.05) is 0 Å². The molecule has 0 N–H and O–H groups in total. The maximum Gasteiger partial charge on any atom is 0.306 e. The molecule has 424 valence electrons. The van der Waals surface area contributed by atoms with Crippen molar-refractivity contribution in [1.82, 2.24) is 0 Å². The van der Waals surface area contributed by atoms with Crippen molar-refractivity contribution in [2.45, 2.75) is 335 Å². The van der Waals surface area contributed by atoms with E-state index in [0.29, 0.717) is 19.3 Å². The first-order chi connectivity index (χ1) is 36.0. The Labute approximate surface area is 453 Å². The summed E-state index contributed by atoms with van der Waals surface area (Å²) in [6, 6.07) is 0. The Hall–Kier alpha value is -2.89. The van der Waals surface area contributed by atoms with Gasteiger partial charge in [0.05, 0.1) is 0 Å². The highest BCUT2D eigenvalue weighted by Gasteiger charge is 2.19. The number of rotatable bonds is 58. The van der Waals surface area contributed by atoms with Crippen LogP contribution in [0, 0.1) is 0 Å². The van der Waals surface area contributed by atoms with Crippen LogP contribution < -0.4 is 0 Å². The fourth-order valence-electron chi connectivity index (χ4n) is 9.25. The van der Waals surface area contributed by atoms with Crippen molar-refractivity contribution in [2.75, 3.05) is 13.2 Å². The number of esters is 3. The molecule has 0 aromatic carbocycles. The highest BCUT2D eigenvalue weighted by Crippen LogP contribution is 2.17. The Kier molecular flexibility index (Phi) is 59.2. The van der Waals surface area contributed by atoms with Crippen molar-refractivity contribution in [2.24, 2.45) is 0 Å². The first-order valence-electron chi connectivity index (χ1n) is 31.8. The monoisotopic (exact) mass is 1020 g/mol. The quantitative estimate of drug-likeness (QED) is 0.0261. The summed E-state index contributed by atoms with van der Waals surface area (Å²) in [7, 11) is 0. The molecule has 6 nitrogen and oxygen atoms in total. The molecule has 1 atom stereocenters. The lowest BCUT2D eigenvalue weighted by Crippen LogP contribution is -2.30. The molecule has 1 unspecified atom stereocenters. The van der Waals surface area contributed by atoms with E-state index in [-0.39, 0.29) is 31.1 Å². The number of carbonyl (C=O) groups excluding carboxylic acids is 3. The summed E-state index contributed by atoms with van der Waals surface area (Å²) >= 11 is 0. The van der Waals surface area contributed by atoms with Crippen LogP contribution in [0.1, 0.15) is 329 Å². The number of unbranched alkanes of at least 4 members (excludes halogenated alkanes) is 37. The maximum atomic E-state index is 12.8. The molecular formula is C67H120O6. The summed E-state index contributed by atoms with van der Waals surface area (Å²) < 4.78 is 16.8. The number of ether oxygens (including phenoxy) is 3. The van der Waals surface area contributed by atoms with Crippen LogP contribution in [0.4, 0.5) is 0 Å². The van der Waals surface area contributed by atoms with Gasteiger partial charge < -0.3 is 14.2 Å². The SMILES string of the molecule is CC/C=C\C/C=C\C/C=C\C/C=C\CCCCCCCCCCCCCCCCCCCCCCC(=O)OCC(COC(=O)CCCCCCC)OC(=O)CCCCCCCCC/C=C\CCCCCCCC. The van der Waals surface area contributed by atoms with Crippen molar-refractivity contribution in [1.29, 1.82) is 0 Å². The Morgan fingerprint density at radius 2 is 0.534 bits per heavy atom. The molecule has 0 aliphatic carbocycles. The zero-order valence-corrected chi connectivity index (χ0v) is 48.7. The summed E-state index contributed by atoms with van der Waals surface area (Å²) in [5, 5.41) is 0. The summed E-state index contributed by atoms with van der Waals surface area (Å²) in [5.74, 6) is -0.874. The molecule has 0 aromatic heterocycles. The topological polar surface area (TPSA) is 78.9 Å². The molecule has 0 aliphatic heterocycles. The van der Waals surface area contributed by atoms with Gasteiger partial charge in [-0.2, -0.15) is 0 Å². The van der Waals surface area contributed by atoms with Gasteiger partial charge in [-0.3, -0.25) is 14.4 Å². The van der Waals surface area contributed by atoms with Gasteiger partial charge in [0.2, 0.25) is 0 Å². The third kappa shape index (κ3) is 59.9. The molecule has 0 amide bonds. The normalized spacial score (nSPS) is 12.4. The molecule has 0 rings (SSSR count). The molecule has 6 heteroatoms. The zero-order valence-electron chi connectivity index (χ0n) is 48.7. The maximum absolute atomic E-state index is 12.8. The second-order valence-electron chi connectivity index (χ2n) is 21.3. The van der Waals surface area contributed by atoms with Crippen molar-refractivity contribution in [3.05, 3.63) is 60.8 Å². The lowest BCUT2D eigenvalue weighted by molar-refractivity contribution is -0.167. The Balaban J connectivity index is 3.92. The minimum atomic E-state index is -0.769. The summed E-state index contributed by atoms with van der Waals surface area (Å²) in [6.45, 7) is 6.47. The molecule has 0 saturated carbocycles. The van der Waals surface area contributed by atoms with Gasteiger partial charge in [-0.05, 0) is 83.5 Å². The van der Waals surface area contributed by atoms with Crippen LogP contribution in [-0.2, 0) is 28.6 Å². The molecular weight excluding hydrogens is 901 g/mol. The van der Waals surface area contributed by atoms with E-state index in [0.717, 1.165) is 89.9 Å². The van der Waals surface area contributed by atoms with Crippen LogP contribution in [0.5, 0.6) is 0 Å². The van der Waals surface area contributed by atoms with Crippen LogP contribution in [-0.4, -0.2) is 37.2 Å². The van der Waals surface area contributed by atoms with Crippen LogP contribution in [0.2, 0.25) is 0 Å². The van der Waals surface area contributed by atoms with Gasteiger partial charge in [0.15, 0.2) is 6.10 Å². The van der Waals surface area contributed by atoms with E-state index in [1.165, 1.54) is 199 Å². The molecule has 0 saturated heterocycles. The predicted molar refractivity (Wildman–Crippen MR) is 316 cm³/mol. The zero-order chi connectivity index (χ0) is 52.9. The van der Waals surface area contributed by atoms with E-state index in [9.17, 15) is 14.4 Å².